The van der Waals surface area contributed by atoms with Gasteiger partial charge in [0.15, 0.2) is 0 Å². The van der Waals surface area contributed by atoms with Gasteiger partial charge in [-0.2, -0.15) is 0 Å². The van der Waals surface area contributed by atoms with Crippen LogP contribution in [0.4, 0.5) is 0 Å². The molecule has 0 amide bonds. The van der Waals surface area contributed by atoms with Crippen LogP contribution in [0, 0.1) is 0 Å². The van der Waals surface area contributed by atoms with Crippen LogP contribution < -0.4 is 5.69 Å². The van der Waals surface area contributed by atoms with Gasteiger partial charge >= 0.3 is 5.69 Å². The van der Waals surface area contributed by atoms with E-state index in [-0.39, 0.29) is 5.69 Å². The number of hydrogen-bond donors (Lipinski definition) is 1. The quantitative estimate of drug-likeness (QED) is 0.456. The lowest BCUT2D eigenvalue weighted by Crippen LogP contribution is -2.48. The van der Waals surface area contributed by atoms with E-state index in [1.165, 1.54) is 20.9 Å². The minimum absolute atomic E-state index is 0.00352. The van der Waals surface area contributed by atoms with Gasteiger partial charge in [-0.05, 0) is 54.8 Å². The largest absolute Gasteiger partial charge is 0.326 e. The van der Waals surface area contributed by atoms with Crippen molar-refractivity contribution in [2.24, 2.45) is 0 Å². The summed E-state index contributed by atoms with van der Waals surface area (Å²) in [5.41, 5.74) is 4.85. The van der Waals surface area contributed by atoms with E-state index in [9.17, 15) is 4.79 Å². The Labute approximate surface area is 204 Å². The molecule has 1 fully saturated rings. The highest BCUT2D eigenvalue weighted by atomic mass is 32.2. The average molecular weight is 471 g/mol. The molecule has 1 saturated heterocycles. The van der Waals surface area contributed by atoms with Gasteiger partial charge in [0, 0.05) is 48.6 Å². The Morgan fingerprint density at radius 1 is 0.824 bits per heavy atom. The number of aromatic nitrogens is 2. The summed E-state index contributed by atoms with van der Waals surface area (Å²) in [6, 6.07) is 26.2. The summed E-state index contributed by atoms with van der Waals surface area (Å²) in [5, 5.41) is 0. The monoisotopic (exact) mass is 470 g/mol. The molecular weight excluding hydrogens is 440 g/mol. The number of benzene rings is 3. The van der Waals surface area contributed by atoms with Crippen LogP contribution in [0.1, 0.15) is 23.6 Å². The van der Waals surface area contributed by atoms with Crippen molar-refractivity contribution in [3.05, 3.63) is 94.4 Å². The van der Waals surface area contributed by atoms with E-state index in [2.05, 4.69) is 63.3 Å². The van der Waals surface area contributed by atoms with Crippen LogP contribution in [0.5, 0.6) is 0 Å². The maximum absolute atomic E-state index is 12.3. The number of hydrogen-bond acceptors (Lipinski definition) is 4. The zero-order valence-corrected chi connectivity index (χ0v) is 20.1. The van der Waals surface area contributed by atoms with Crippen LogP contribution in [0.3, 0.4) is 0 Å². The first kappa shape index (κ1) is 21.7. The summed E-state index contributed by atoms with van der Waals surface area (Å²) in [7, 11) is 0. The molecule has 1 N–H and O–H groups in total. The summed E-state index contributed by atoms with van der Waals surface area (Å²) in [6.45, 7) is 6.11. The number of imidazole rings is 1. The predicted octanol–water partition coefficient (Wildman–Crippen LogP) is 4.79. The maximum Gasteiger partial charge on any atom is 0.326 e. The highest BCUT2D eigenvalue weighted by Gasteiger charge is 2.29. The first-order valence-electron chi connectivity index (χ1n) is 12.2. The van der Waals surface area contributed by atoms with Gasteiger partial charge in [0.25, 0.3) is 0 Å². The van der Waals surface area contributed by atoms with Crippen molar-refractivity contribution in [1.29, 1.82) is 0 Å². The van der Waals surface area contributed by atoms with Crippen LogP contribution in [0.25, 0.3) is 11.0 Å². The van der Waals surface area contributed by atoms with Gasteiger partial charge in [-0.3, -0.25) is 9.47 Å². The first-order chi connectivity index (χ1) is 16.8. The molecule has 6 rings (SSSR count). The molecule has 0 radical (unpaired) electrons. The van der Waals surface area contributed by atoms with Crippen molar-refractivity contribution in [1.82, 2.24) is 19.4 Å². The number of nitrogens with one attached hydrogen (secondary N) is 1. The maximum atomic E-state index is 12.3. The topological polar surface area (TPSA) is 44.3 Å². The number of para-hydroxylation sites is 2. The van der Waals surface area contributed by atoms with Gasteiger partial charge in [0.2, 0.25) is 0 Å². The van der Waals surface area contributed by atoms with E-state index in [1.807, 2.05) is 40.6 Å². The summed E-state index contributed by atoms with van der Waals surface area (Å²) < 4.78 is 1.88. The molecule has 0 spiro atoms. The van der Waals surface area contributed by atoms with Crippen molar-refractivity contribution in [3.63, 3.8) is 0 Å². The number of H-pyrrole nitrogens is 1. The Morgan fingerprint density at radius 3 is 2.44 bits per heavy atom. The summed E-state index contributed by atoms with van der Waals surface area (Å²) >= 11 is 1.92. The molecule has 34 heavy (non-hydrogen) atoms. The minimum atomic E-state index is -0.00352. The fourth-order valence-electron chi connectivity index (χ4n) is 5.46. The molecular formula is C28H30N4OS. The van der Waals surface area contributed by atoms with E-state index in [1.54, 1.807) is 0 Å². The Bertz CT molecular complexity index is 1350. The van der Waals surface area contributed by atoms with Crippen LogP contribution in [0.2, 0.25) is 0 Å². The lowest BCUT2D eigenvalue weighted by atomic mass is 9.96. The number of rotatable bonds is 5. The van der Waals surface area contributed by atoms with Crippen molar-refractivity contribution in [3.8, 4) is 0 Å². The SMILES string of the molecule is O=c1[nH]c2ccccc2n1CCCN1CCN(C2Cc3ccccc3Sc3ccccc32)CC1. The zero-order chi connectivity index (χ0) is 22.9. The molecule has 2 aliphatic heterocycles. The molecule has 6 heteroatoms. The number of piperazine rings is 1. The molecule has 0 bridgehead atoms. The number of aromatic amines is 1. The second-order valence-electron chi connectivity index (χ2n) is 9.30. The summed E-state index contributed by atoms with van der Waals surface area (Å²) in [6.07, 6.45) is 2.06. The Morgan fingerprint density at radius 2 is 1.56 bits per heavy atom. The standard InChI is InChI=1S/C28H30N4OS/c33-28-29-23-10-3-4-11-24(23)32(28)15-7-14-30-16-18-31(19-17-30)25-20-21-8-1-5-12-26(21)34-27-13-6-2-9-22(25)27/h1-6,8-13,25H,7,14-20H2,(H,29,33). The molecule has 1 atom stereocenters. The van der Waals surface area contributed by atoms with E-state index in [0.717, 1.165) is 63.1 Å². The van der Waals surface area contributed by atoms with Crippen LogP contribution in [-0.4, -0.2) is 52.1 Å². The lowest BCUT2D eigenvalue weighted by Gasteiger charge is -2.39. The van der Waals surface area contributed by atoms with E-state index >= 15 is 0 Å². The van der Waals surface area contributed by atoms with Gasteiger partial charge in [-0.15, -0.1) is 0 Å². The molecule has 4 aromatic rings. The molecule has 1 unspecified atom stereocenters. The second kappa shape index (κ2) is 9.45. The van der Waals surface area contributed by atoms with Crippen molar-refractivity contribution in [2.75, 3.05) is 32.7 Å². The second-order valence-corrected chi connectivity index (χ2v) is 10.4. The molecule has 0 saturated carbocycles. The normalized spacial score (nSPS) is 19.0. The molecule has 1 aromatic heterocycles. The molecule has 2 aliphatic rings. The molecule has 3 aromatic carbocycles. The fraction of sp³-hybridized carbons (Fsp3) is 0.321. The molecule has 0 aliphatic carbocycles. The fourth-order valence-corrected chi connectivity index (χ4v) is 6.60. The highest BCUT2D eigenvalue weighted by Crippen LogP contribution is 2.42. The smallest absolute Gasteiger partial charge is 0.306 e. The van der Waals surface area contributed by atoms with Gasteiger partial charge in [0.1, 0.15) is 0 Å². The average Bonchev–Trinajstić information content (AvgIpc) is 3.09. The first-order valence-corrected chi connectivity index (χ1v) is 13.1. The minimum Gasteiger partial charge on any atom is -0.306 e. The Kier molecular flexibility index (Phi) is 6.04. The van der Waals surface area contributed by atoms with Crippen LogP contribution in [0.15, 0.2) is 87.4 Å². The third kappa shape index (κ3) is 4.22. The van der Waals surface area contributed by atoms with Crippen molar-refractivity contribution < 1.29 is 0 Å². The molecule has 3 heterocycles. The van der Waals surface area contributed by atoms with E-state index in [0.29, 0.717) is 6.04 Å². The highest BCUT2D eigenvalue weighted by molar-refractivity contribution is 7.99. The lowest BCUT2D eigenvalue weighted by molar-refractivity contribution is 0.0929. The van der Waals surface area contributed by atoms with Crippen LogP contribution in [-0.2, 0) is 13.0 Å². The Hall–Kier alpha value is -2.80. The summed E-state index contributed by atoms with van der Waals surface area (Å²) in [5.74, 6) is 0. The number of nitrogens with zero attached hydrogens (tertiary/aromatic N) is 3. The van der Waals surface area contributed by atoms with Gasteiger partial charge in [-0.25, -0.2) is 4.79 Å². The van der Waals surface area contributed by atoms with E-state index in [4.69, 9.17) is 0 Å². The third-order valence-electron chi connectivity index (χ3n) is 7.27. The Balaban J connectivity index is 1.10. The van der Waals surface area contributed by atoms with Gasteiger partial charge in [-0.1, -0.05) is 60.3 Å². The van der Waals surface area contributed by atoms with E-state index < -0.39 is 0 Å². The number of aryl methyl sites for hydroxylation is 1. The van der Waals surface area contributed by atoms with Crippen LogP contribution >= 0.6 is 11.8 Å². The molecule has 174 valence electrons. The van der Waals surface area contributed by atoms with Crippen molar-refractivity contribution in [2.45, 2.75) is 35.2 Å². The molecule has 5 nitrogen and oxygen atoms in total. The predicted molar refractivity (Wildman–Crippen MR) is 139 cm³/mol. The van der Waals surface area contributed by atoms with Gasteiger partial charge < -0.3 is 9.88 Å². The van der Waals surface area contributed by atoms with Crippen molar-refractivity contribution >= 4 is 22.8 Å². The third-order valence-corrected chi connectivity index (χ3v) is 8.48. The summed E-state index contributed by atoms with van der Waals surface area (Å²) in [4.78, 5) is 23.3. The number of fused-ring (bicyclic) bond motifs is 3. The zero-order valence-electron chi connectivity index (χ0n) is 19.3. The van der Waals surface area contributed by atoms with Gasteiger partial charge in [0.05, 0.1) is 11.0 Å².